The maximum absolute atomic E-state index is 11.8. The molecular weight excluding hydrogens is 308 g/mol. The molecule has 1 heterocycles. The minimum atomic E-state index is -0.543. The Hall–Kier alpha value is -2.67. The van der Waals surface area contributed by atoms with Gasteiger partial charge in [0.1, 0.15) is 5.69 Å². The molecular formula is C17H22N4O3. The number of fused-ring (bicyclic) bond motifs is 1. The predicted octanol–water partition coefficient (Wildman–Crippen LogP) is 2.62. The molecule has 0 aliphatic rings. The molecule has 4 N–H and O–H groups in total. The van der Waals surface area contributed by atoms with Gasteiger partial charge in [-0.1, -0.05) is 20.8 Å². The van der Waals surface area contributed by atoms with Crippen LogP contribution in [0.3, 0.4) is 0 Å². The molecule has 0 bridgehead atoms. The van der Waals surface area contributed by atoms with Gasteiger partial charge in [-0.05, 0) is 41.7 Å². The molecule has 1 aromatic heterocycles. The van der Waals surface area contributed by atoms with Crippen molar-refractivity contribution >= 4 is 28.6 Å². The van der Waals surface area contributed by atoms with Crippen LogP contribution in [0, 0.1) is 6.92 Å². The smallest absolute Gasteiger partial charge is 0.411 e. The average molecular weight is 330 g/mol. The number of amides is 2. The molecule has 0 radical (unpaired) electrons. The molecule has 2 rings (SSSR count). The minimum Gasteiger partial charge on any atom is -0.453 e. The molecule has 1 aromatic carbocycles. The Labute approximate surface area is 140 Å². The van der Waals surface area contributed by atoms with Crippen molar-refractivity contribution in [1.82, 2.24) is 10.4 Å². The maximum Gasteiger partial charge on any atom is 0.411 e. The Morgan fingerprint density at radius 2 is 1.88 bits per heavy atom. The highest BCUT2D eigenvalue weighted by atomic mass is 16.5. The summed E-state index contributed by atoms with van der Waals surface area (Å²) in [4.78, 5) is 27.9. The number of hydrazine groups is 1. The first-order valence-corrected chi connectivity index (χ1v) is 7.49. The lowest BCUT2D eigenvalue weighted by atomic mass is 9.84. The molecule has 2 aromatic rings. The van der Waals surface area contributed by atoms with Crippen LogP contribution in [-0.2, 0) is 10.2 Å². The van der Waals surface area contributed by atoms with E-state index in [9.17, 15) is 9.59 Å². The number of ether oxygens (including phenoxy) is 1. The van der Waals surface area contributed by atoms with Gasteiger partial charge in [-0.3, -0.25) is 15.5 Å². The van der Waals surface area contributed by atoms with Crippen molar-refractivity contribution in [2.45, 2.75) is 33.1 Å². The van der Waals surface area contributed by atoms with Crippen molar-refractivity contribution in [3.8, 4) is 0 Å². The molecule has 24 heavy (non-hydrogen) atoms. The molecule has 0 aliphatic heterocycles. The summed E-state index contributed by atoms with van der Waals surface area (Å²) >= 11 is 0. The summed E-state index contributed by atoms with van der Waals surface area (Å²) in [6.45, 7) is 7.99. The number of hydrogen-bond donors (Lipinski definition) is 3. The molecule has 2 amide bonds. The van der Waals surface area contributed by atoms with E-state index in [1.807, 2.05) is 39.8 Å². The lowest BCUT2D eigenvalue weighted by molar-refractivity contribution is 0.0949. The fraction of sp³-hybridized carbons (Fsp3) is 0.353. The Balaban J connectivity index is 2.76. The van der Waals surface area contributed by atoms with Crippen LogP contribution in [-0.4, -0.2) is 24.1 Å². The number of anilines is 1. The molecule has 0 spiro atoms. The second kappa shape index (κ2) is 6.45. The van der Waals surface area contributed by atoms with Gasteiger partial charge in [0.15, 0.2) is 0 Å². The third-order valence-corrected chi connectivity index (χ3v) is 3.72. The zero-order chi connectivity index (χ0) is 18.1. The second-order valence-corrected chi connectivity index (χ2v) is 6.58. The van der Waals surface area contributed by atoms with Crippen molar-refractivity contribution in [2.24, 2.45) is 5.84 Å². The van der Waals surface area contributed by atoms with Crippen LogP contribution in [0.1, 0.15) is 42.4 Å². The van der Waals surface area contributed by atoms with Gasteiger partial charge in [0, 0.05) is 11.1 Å². The number of pyridine rings is 1. The van der Waals surface area contributed by atoms with E-state index in [1.54, 1.807) is 6.07 Å². The predicted molar refractivity (Wildman–Crippen MR) is 92.9 cm³/mol. The number of methoxy groups -OCH3 is 1. The number of carbonyl (C=O) groups is 2. The number of carbonyl (C=O) groups excluding carboxylic acids is 2. The number of hydrogen-bond acceptors (Lipinski definition) is 5. The van der Waals surface area contributed by atoms with Crippen molar-refractivity contribution in [2.75, 3.05) is 12.4 Å². The van der Waals surface area contributed by atoms with E-state index in [0.29, 0.717) is 11.2 Å². The number of aromatic nitrogens is 1. The van der Waals surface area contributed by atoms with E-state index < -0.39 is 12.0 Å². The van der Waals surface area contributed by atoms with E-state index >= 15 is 0 Å². The van der Waals surface area contributed by atoms with Gasteiger partial charge in [-0.15, -0.1) is 0 Å². The first kappa shape index (κ1) is 17.7. The van der Waals surface area contributed by atoms with Gasteiger partial charge in [0.25, 0.3) is 5.91 Å². The number of aryl methyl sites for hydroxylation is 1. The fourth-order valence-electron chi connectivity index (χ4n) is 2.49. The lowest BCUT2D eigenvalue weighted by Gasteiger charge is -2.23. The standard InChI is InChI=1S/C17H22N4O3/c1-9-6-13(15(22)21-18)20-14-11(9)7-10(19-16(23)24-5)8-12(14)17(2,3)4/h6-8H,18H2,1-5H3,(H,19,23)(H,21,22). The van der Waals surface area contributed by atoms with Crippen LogP contribution in [0.2, 0.25) is 0 Å². The summed E-state index contributed by atoms with van der Waals surface area (Å²) in [5, 5.41) is 3.53. The third kappa shape index (κ3) is 3.46. The van der Waals surface area contributed by atoms with E-state index in [0.717, 1.165) is 16.5 Å². The zero-order valence-corrected chi connectivity index (χ0v) is 14.5. The topological polar surface area (TPSA) is 106 Å². The molecule has 0 fully saturated rings. The minimum absolute atomic E-state index is 0.247. The van der Waals surface area contributed by atoms with E-state index in [1.165, 1.54) is 7.11 Å². The molecule has 0 saturated heterocycles. The first-order valence-electron chi connectivity index (χ1n) is 7.49. The van der Waals surface area contributed by atoms with Crippen molar-refractivity contribution in [1.29, 1.82) is 0 Å². The van der Waals surface area contributed by atoms with Crippen LogP contribution < -0.4 is 16.6 Å². The highest BCUT2D eigenvalue weighted by molar-refractivity contribution is 5.98. The number of nitrogens with zero attached hydrogens (tertiary/aromatic N) is 1. The third-order valence-electron chi connectivity index (χ3n) is 3.72. The summed E-state index contributed by atoms with van der Waals surface area (Å²) in [6, 6.07) is 5.32. The number of nitrogen functional groups attached to an aromatic ring is 1. The van der Waals surface area contributed by atoms with E-state index in [-0.39, 0.29) is 11.1 Å². The van der Waals surface area contributed by atoms with Gasteiger partial charge in [-0.2, -0.15) is 0 Å². The van der Waals surface area contributed by atoms with Crippen LogP contribution in [0.15, 0.2) is 18.2 Å². The summed E-state index contributed by atoms with van der Waals surface area (Å²) in [6.07, 6.45) is -0.543. The van der Waals surface area contributed by atoms with Gasteiger partial charge in [0.2, 0.25) is 0 Å². The Kier molecular flexibility index (Phi) is 4.75. The second-order valence-electron chi connectivity index (χ2n) is 6.58. The Morgan fingerprint density at radius 3 is 2.42 bits per heavy atom. The fourth-order valence-corrected chi connectivity index (χ4v) is 2.49. The highest BCUT2D eigenvalue weighted by Crippen LogP contribution is 2.33. The van der Waals surface area contributed by atoms with Crippen LogP contribution in [0.4, 0.5) is 10.5 Å². The number of nitrogens with two attached hydrogens (primary N) is 1. The normalized spacial score (nSPS) is 11.2. The highest BCUT2D eigenvalue weighted by Gasteiger charge is 2.22. The van der Waals surface area contributed by atoms with Crippen LogP contribution in [0.25, 0.3) is 10.9 Å². The van der Waals surface area contributed by atoms with Crippen molar-refractivity contribution in [3.63, 3.8) is 0 Å². The monoisotopic (exact) mass is 330 g/mol. The summed E-state index contributed by atoms with van der Waals surface area (Å²) in [5.74, 6) is 4.77. The maximum atomic E-state index is 11.8. The van der Waals surface area contributed by atoms with Crippen molar-refractivity contribution < 1.29 is 14.3 Å². The van der Waals surface area contributed by atoms with Crippen LogP contribution in [0.5, 0.6) is 0 Å². The molecule has 0 saturated carbocycles. The van der Waals surface area contributed by atoms with Gasteiger partial charge in [-0.25, -0.2) is 15.6 Å². The summed E-state index contributed by atoms with van der Waals surface area (Å²) in [5.41, 5.74) is 5.19. The summed E-state index contributed by atoms with van der Waals surface area (Å²) < 4.78 is 4.65. The number of nitrogens with one attached hydrogen (secondary N) is 2. The zero-order valence-electron chi connectivity index (χ0n) is 14.5. The van der Waals surface area contributed by atoms with Crippen molar-refractivity contribution in [3.05, 3.63) is 35.0 Å². The van der Waals surface area contributed by atoms with Gasteiger partial charge < -0.3 is 4.74 Å². The lowest BCUT2D eigenvalue weighted by Crippen LogP contribution is -2.31. The molecule has 0 atom stereocenters. The Morgan fingerprint density at radius 1 is 1.21 bits per heavy atom. The average Bonchev–Trinajstić information content (AvgIpc) is 2.52. The molecule has 0 aliphatic carbocycles. The van der Waals surface area contributed by atoms with Gasteiger partial charge >= 0.3 is 6.09 Å². The van der Waals surface area contributed by atoms with E-state index in [4.69, 9.17) is 5.84 Å². The van der Waals surface area contributed by atoms with Crippen LogP contribution >= 0.6 is 0 Å². The molecule has 0 unspecified atom stereocenters. The van der Waals surface area contributed by atoms with E-state index in [2.05, 4.69) is 20.5 Å². The number of rotatable bonds is 2. The first-order chi connectivity index (χ1) is 11.2. The number of benzene rings is 1. The molecule has 128 valence electrons. The van der Waals surface area contributed by atoms with Gasteiger partial charge in [0.05, 0.1) is 12.6 Å². The Bertz CT molecular complexity index is 810. The quantitative estimate of drug-likeness (QED) is 0.446. The summed E-state index contributed by atoms with van der Waals surface area (Å²) in [7, 11) is 1.31. The largest absolute Gasteiger partial charge is 0.453 e. The SMILES string of the molecule is COC(=O)Nc1cc(C(C)(C)C)c2nc(C(=O)NN)cc(C)c2c1. The molecule has 7 heteroatoms. The molecule has 7 nitrogen and oxygen atoms in total.